The predicted molar refractivity (Wildman–Crippen MR) is 137 cm³/mol. The highest BCUT2D eigenvalue weighted by Gasteiger charge is 2.24. The topological polar surface area (TPSA) is 70.6 Å². The molecule has 6 heteroatoms. The number of amides is 1. The summed E-state index contributed by atoms with van der Waals surface area (Å²) in [6.45, 7) is 6.44. The maximum Gasteiger partial charge on any atom is 0.348 e. The normalized spacial score (nSPS) is 16.2. The van der Waals surface area contributed by atoms with Gasteiger partial charge in [0.05, 0.1) is 19.7 Å². The van der Waals surface area contributed by atoms with E-state index in [4.69, 9.17) is 10.5 Å². The number of rotatable bonds is 8. The summed E-state index contributed by atoms with van der Waals surface area (Å²) in [5.74, 6) is 2.24. The highest BCUT2D eigenvalue weighted by atomic mass is 16.5. The first-order valence-corrected chi connectivity index (χ1v) is 12.7. The molecule has 1 aliphatic carbocycles. The molecule has 1 fully saturated rings. The lowest BCUT2D eigenvalue weighted by Crippen LogP contribution is -2.39. The van der Waals surface area contributed by atoms with Crippen LogP contribution in [-0.2, 0) is 13.1 Å². The molecule has 182 valence electrons. The zero-order valence-corrected chi connectivity index (χ0v) is 20.8. The smallest absolute Gasteiger partial charge is 0.348 e. The summed E-state index contributed by atoms with van der Waals surface area (Å²) in [4.78, 5) is 15.1. The molecule has 0 unspecified atom stereocenters. The second-order valence-electron chi connectivity index (χ2n) is 10.1. The van der Waals surface area contributed by atoms with Gasteiger partial charge in [-0.1, -0.05) is 45.2 Å². The second-order valence-corrected chi connectivity index (χ2v) is 10.1. The van der Waals surface area contributed by atoms with Gasteiger partial charge in [0.15, 0.2) is 0 Å². The van der Waals surface area contributed by atoms with Crippen molar-refractivity contribution in [2.45, 2.75) is 71.5 Å². The lowest BCUT2D eigenvalue weighted by Gasteiger charge is -2.31. The van der Waals surface area contributed by atoms with Gasteiger partial charge in [-0.3, -0.25) is 15.1 Å². The van der Waals surface area contributed by atoms with Crippen molar-refractivity contribution in [3.8, 4) is 5.75 Å². The summed E-state index contributed by atoms with van der Waals surface area (Å²) in [5.41, 5.74) is 10.3. The summed E-state index contributed by atoms with van der Waals surface area (Å²) in [6.07, 6.45) is 6.96. The molecule has 4 rings (SSSR count). The fourth-order valence-corrected chi connectivity index (χ4v) is 4.83. The number of fused-ring (bicyclic) bond motifs is 1. The average Bonchev–Trinajstić information content (AvgIpc) is 2.84. The molecule has 0 spiro atoms. The van der Waals surface area contributed by atoms with Crippen molar-refractivity contribution >= 4 is 17.6 Å². The number of guanidine groups is 1. The van der Waals surface area contributed by atoms with Gasteiger partial charge < -0.3 is 9.64 Å². The zero-order chi connectivity index (χ0) is 24.1. The van der Waals surface area contributed by atoms with E-state index in [9.17, 15) is 4.79 Å². The number of nitrogens with two attached hydrogens (primary N) is 1. The molecule has 6 nitrogen and oxygen atoms in total. The van der Waals surface area contributed by atoms with Crippen molar-refractivity contribution in [3.05, 3.63) is 59.2 Å². The highest BCUT2D eigenvalue weighted by Crippen LogP contribution is 2.27. The zero-order valence-electron chi connectivity index (χ0n) is 20.8. The van der Waals surface area contributed by atoms with Gasteiger partial charge in [-0.15, -0.1) is 0 Å². The molecule has 1 saturated carbocycles. The molecule has 2 aromatic rings. The van der Waals surface area contributed by atoms with E-state index < -0.39 is 0 Å². The Morgan fingerprint density at radius 3 is 2.74 bits per heavy atom. The molecule has 34 heavy (non-hydrogen) atoms. The van der Waals surface area contributed by atoms with Gasteiger partial charge in [-0.2, -0.15) is 0 Å². The lowest BCUT2D eigenvalue weighted by atomic mass is 9.94. The number of carbonyl (C=O) groups excluding carboxylic acids is 1. The molecule has 0 radical (unpaired) electrons. The predicted octanol–water partition coefficient (Wildman–Crippen LogP) is 4.97. The van der Waals surface area contributed by atoms with E-state index in [1.807, 2.05) is 42.3 Å². The van der Waals surface area contributed by atoms with Gasteiger partial charge in [-0.05, 0) is 61.1 Å². The van der Waals surface area contributed by atoms with Gasteiger partial charge in [-0.25, -0.2) is 5.32 Å². The molecule has 0 saturated heterocycles. The molecule has 2 aliphatic rings. The van der Waals surface area contributed by atoms with E-state index in [2.05, 4.69) is 35.9 Å². The van der Waals surface area contributed by atoms with Crippen LogP contribution in [0.1, 0.15) is 73.9 Å². The van der Waals surface area contributed by atoms with Crippen LogP contribution in [0.25, 0.3) is 0 Å². The van der Waals surface area contributed by atoms with Crippen molar-refractivity contribution in [3.63, 3.8) is 0 Å². The van der Waals surface area contributed by atoms with E-state index in [1.165, 1.54) is 19.3 Å². The maximum atomic E-state index is 13.1. The highest BCUT2D eigenvalue weighted by molar-refractivity contribution is 5.94. The summed E-state index contributed by atoms with van der Waals surface area (Å²) in [5, 5.41) is 3.32. The lowest BCUT2D eigenvalue weighted by molar-refractivity contribution is -0.561. The van der Waals surface area contributed by atoms with Gasteiger partial charge >= 0.3 is 5.96 Å². The van der Waals surface area contributed by atoms with E-state index in [0.29, 0.717) is 31.0 Å². The molecule has 1 aliphatic heterocycles. The summed E-state index contributed by atoms with van der Waals surface area (Å²) in [7, 11) is 1.95. The Bertz CT molecular complexity index is 1040. The summed E-state index contributed by atoms with van der Waals surface area (Å²) >= 11 is 0. The first kappa shape index (κ1) is 24.1. The van der Waals surface area contributed by atoms with Crippen molar-refractivity contribution in [1.82, 2.24) is 4.90 Å². The van der Waals surface area contributed by atoms with Crippen LogP contribution in [-0.4, -0.2) is 41.0 Å². The molecule has 0 aromatic heterocycles. The maximum absolute atomic E-state index is 13.1. The van der Waals surface area contributed by atoms with Crippen LogP contribution >= 0.6 is 0 Å². The Labute approximate surface area is 203 Å². The molecule has 1 amide bonds. The van der Waals surface area contributed by atoms with Crippen molar-refractivity contribution < 1.29 is 14.1 Å². The Morgan fingerprint density at radius 2 is 1.97 bits per heavy atom. The molecule has 0 atom stereocenters. The van der Waals surface area contributed by atoms with Gasteiger partial charge in [0.2, 0.25) is 0 Å². The second kappa shape index (κ2) is 10.9. The number of hydrogen-bond donors (Lipinski definition) is 2. The quantitative estimate of drug-likeness (QED) is 0.542. The minimum atomic E-state index is 0.107. The SMILES string of the molecule is CC(C)CCOc1ccc2c(c1)C[N+](Cc1cccc(C(=O)N(C)C3CCCCC3)c1)=C(N)N2. The first-order chi connectivity index (χ1) is 16.4. The van der Waals surface area contributed by atoms with Crippen LogP contribution in [0, 0.1) is 5.92 Å². The van der Waals surface area contributed by atoms with E-state index in [1.54, 1.807) is 0 Å². The minimum Gasteiger partial charge on any atom is -0.494 e. The number of nitrogens with one attached hydrogen (secondary N) is 1. The van der Waals surface area contributed by atoms with Gasteiger partial charge in [0, 0.05) is 24.2 Å². The third-order valence-corrected chi connectivity index (χ3v) is 7.00. The Kier molecular flexibility index (Phi) is 7.76. The Hall–Kier alpha value is -3.02. The third-order valence-electron chi connectivity index (χ3n) is 7.00. The molecule has 3 N–H and O–H groups in total. The van der Waals surface area contributed by atoms with Crippen LogP contribution in [0.15, 0.2) is 42.5 Å². The number of anilines is 1. The van der Waals surface area contributed by atoms with Gasteiger partial charge in [0.25, 0.3) is 5.91 Å². The van der Waals surface area contributed by atoms with Crippen LogP contribution in [0.4, 0.5) is 5.69 Å². The average molecular weight is 464 g/mol. The fraction of sp³-hybridized carbons (Fsp3) is 0.500. The standard InChI is InChI=1S/C28H38N4O2/c1-20(2)14-15-34-25-12-13-26-23(17-25)19-32(28(29)30-26)18-21-8-7-9-22(16-21)27(33)31(3)24-10-5-4-6-11-24/h7-9,12-13,16-17,20,24H,4-6,10-11,14-15,18-19H2,1-3H3,(H2,29,30)/p+1. The molecule has 1 heterocycles. The summed E-state index contributed by atoms with van der Waals surface area (Å²) < 4.78 is 8.06. The van der Waals surface area contributed by atoms with Crippen LogP contribution in [0.2, 0.25) is 0 Å². The third kappa shape index (κ3) is 5.91. The summed E-state index contributed by atoms with van der Waals surface area (Å²) in [6, 6.07) is 14.4. The molecule has 2 aromatic carbocycles. The largest absolute Gasteiger partial charge is 0.494 e. The first-order valence-electron chi connectivity index (χ1n) is 12.7. The van der Waals surface area contributed by atoms with Crippen molar-refractivity contribution in [2.75, 3.05) is 19.0 Å². The Balaban J connectivity index is 1.43. The molecular formula is C28H39N4O2+. The number of nitrogens with zero attached hydrogens (tertiary/aromatic N) is 2. The Morgan fingerprint density at radius 1 is 1.18 bits per heavy atom. The van der Waals surface area contributed by atoms with E-state index >= 15 is 0 Å². The van der Waals surface area contributed by atoms with Crippen molar-refractivity contribution in [2.24, 2.45) is 11.7 Å². The van der Waals surface area contributed by atoms with Crippen LogP contribution < -0.4 is 15.8 Å². The van der Waals surface area contributed by atoms with Crippen LogP contribution in [0.5, 0.6) is 5.75 Å². The monoisotopic (exact) mass is 463 g/mol. The van der Waals surface area contributed by atoms with E-state index in [-0.39, 0.29) is 5.91 Å². The number of benzene rings is 2. The number of ether oxygens (including phenoxy) is 1. The number of hydrogen-bond acceptors (Lipinski definition) is 4. The van der Waals surface area contributed by atoms with Crippen molar-refractivity contribution in [1.29, 1.82) is 0 Å². The number of carbonyl (C=O) groups is 1. The van der Waals surface area contributed by atoms with E-state index in [0.717, 1.165) is 54.0 Å². The minimum absolute atomic E-state index is 0.107. The molecular weight excluding hydrogens is 424 g/mol. The van der Waals surface area contributed by atoms with Crippen LogP contribution in [0.3, 0.4) is 0 Å². The fourth-order valence-electron chi connectivity index (χ4n) is 4.83. The van der Waals surface area contributed by atoms with Gasteiger partial charge in [0.1, 0.15) is 11.4 Å². The molecule has 0 bridgehead atoms.